The van der Waals surface area contributed by atoms with E-state index in [9.17, 15) is 4.79 Å². The van der Waals surface area contributed by atoms with Crippen molar-refractivity contribution in [1.82, 2.24) is 14.4 Å². The molecule has 0 aliphatic rings. The minimum atomic E-state index is -1.08. The Hall–Kier alpha value is -2.69. The Labute approximate surface area is 102 Å². The van der Waals surface area contributed by atoms with Crippen LogP contribution in [0.25, 0.3) is 17.0 Å². The van der Waals surface area contributed by atoms with Crippen molar-refractivity contribution in [2.24, 2.45) is 0 Å². The summed E-state index contributed by atoms with van der Waals surface area (Å²) in [6.07, 6.45) is 3.31. The molecule has 0 aliphatic heterocycles. The first-order valence-corrected chi connectivity index (χ1v) is 5.39. The zero-order valence-electron chi connectivity index (χ0n) is 9.32. The van der Waals surface area contributed by atoms with E-state index in [1.165, 1.54) is 0 Å². The van der Waals surface area contributed by atoms with Crippen molar-refractivity contribution in [3.63, 3.8) is 0 Å². The Morgan fingerprint density at radius 3 is 2.67 bits per heavy atom. The van der Waals surface area contributed by atoms with E-state index < -0.39 is 5.97 Å². The third-order valence-corrected chi connectivity index (χ3v) is 2.64. The van der Waals surface area contributed by atoms with E-state index in [1.807, 2.05) is 30.3 Å². The second-order valence-electron chi connectivity index (χ2n) is 3.77. The van der Waals surface area contributed by atoms with Gasteiger partial charge in [0.1, 0.15) is 5.82 Å². The summed E-state index contributed by atoms with van der Waals surface area (Å²) in [4.78, 5) is 19.4. The number of rotatable bonds is 2. The third-order valence-electron chi connectivity index (χ3n) is 2.64. The van der Waals surface area contributed by atoms with Gasteiger partial charge in [-0.15, -0.1) is 0 Å². The summed E-state index contributed by atoms with van der Waals surface area (Å²) >= 11 is 0. The maximum Gasteiger partial charge on any atom is 0.358 e. The lowest BCUT2D eigenvalue weighted by molar-refractivity contribution is 0.0693. The Morgan fingerprint density at radius 2 is 1.94 bits per heavy atom. The molecule has 0 fully saturated rings. The average molecular weight is 239 g/mol. The van der Waals surface area contributed by atoms with Gasteiger partial charge in [0, 0.05) is 18.0 Å². The third kappa shape index (κ3) is 1.53. The van der Waals surface area contributed by atoms with Gasteiger partial charge in [-0.05, 0) is 6.07 Å². The average Bonchev–Trinajstić information content (AvgIpc) is 2.79. The second-order valence-corrected chi connectivity index (χ2v) is 3.77. The monoisotopic (exact) mass is 239 g/mol. The molecule has 1 N–H and O–H groups in total. The number of carboxylic acids is 1. The maximum absolute atomic E-state index is 11.1. The standard InChI is InChI=1S/C13H9N3O2/c17-13(18)10-12-14-7-4-8-16(12)11(15-10)9-5-2-1-3-6-9/h1-8H,(H,17,18). The summed E-state index contributed by atoms with van der Waals surface area (Å²) in [5.41, 5.74) is 1.17. The first-order valence-electron chi connectivity index (χ1n) is 5.39. The number of aromatic carboxylic acids is 1. The minimum absolute atomic E-state index is 0.0329. The van der Waals surface area contributed by atoms with Gasteiger partial charge in [0.2, 0.25) is 0 Å². The molecule has 3 aromatic rings. The van der Waals surface area contributed by atoms with E-state index in [0.29, 0.717) is 11.5 Å². The number of aromatic nitrogens is 3. The van der Waals surface area contributed by atoms with Crippen molar-refractivity contribution < 1.29 is 9.90 Å². The van der Waals surface area contributed by atoms with E-state index >= 15 is 0 Å². The highest BCUT2D eigenvalue weighted by molar-refractivity contribution is 5.93. The zero-order valence-corrected chi connectivity index (χ0v) is 9.32. The van der Waals surface area contributed by atoms with Crippen LogP contribution in [0, 0.1) is 0 Å². The Balaban J connectivity index is 2.34. The van der Waals surface area contributed by atoms with Crippen LogP contribution >= 0.6 is 0 Å². The highest BCUT2D eigenvalue weighted by Gasteiger charge is 2.18. The molecule has 0 atom stereocenters. The molecule has 0 aliphatic carbocycles. The summed E-state index contributed by atoms with van der Waals surface area (Å²) in [6, 6.07) is 11.2. The fourth-order valence-corrected chi connectivity index (χ4v) is 1.86. The molecular formula is C13H9N3O2. The van der Waals surface area contributed by atoms with Crippen LogP contribution in [0.5, 0.6) is 0 Å². The number of hydrogen-bond donors (Lipinski definition) is 1. The molecule has 0 spiro atoms. The highest BCUT2D eigenvalue weighted by Crippen LogP contribution is 2.21. The summed E-state index contributed by atoms with van der Waals surface area (Å²) < 4.78 is 1.68. The van der Waals surface area contributed by atoms with E-state index in [-0.39, 0.29) is 5.69 Å². The number of hydrogen-bond acceptors (Lipinski definition) is 3. The first kappa shape index (κ1) is 10.5. The van der Waals surface area contributed by atoms with Crippen LogP contribution in [-0.2, 0) is 0 Å². The molecule has 5 heteroatoms. The largest absolute Gasteiger partial charge is 0.476 e. The number of nitrogens with zero attached hydrogens (tertiary/aromatic N) is 3. The molecule has 2 heterocycles. The van der Waals surface area contributed by atoms with Crippen molar-refractivity contribution in [3.8, 4) is 11.4 Å². The molecule has 88 valence electrons. The van der Waals surface area contributed by atoms with Crippen molar-refractivity contribution in [1.29, 1.82) is 0 Å². The molecule has 0 amide bonds. The SMILES string of the molecule is O=C(O)c1nc(-c2ccccc2)n2cccnc12. The molecule has 0 bridgehead atoms. The lowest BCUT2D eigenvalue weighted by Crippen LogP contribution is -1.98. The molecule has 18 heavy (non-hydrogen) atoms. The van der Waals surface area contributed by atoms with Crippen molar-refractivity contribution in [3.05, 3.63) is 54.5 Å². The Bertz CT molecular complexity index is 719. The molecule has 0 unspecified atom stereocenters. The lowest BCUT2D eigenvalue weighted by atomic mass is 10.2. The van der Waals surface area contributed by atoms with E-state index in [0.717, 1.165) is 5.56 Å². The quantitative estimate of drug-likeness (QED) is 0.743. The summed E-state index contributed by atoms with van der Waals surface area (Å²) in [5.74, 6) is -0.496. The topological polar surface area (TPSA) is 67.5 Å². The molecule has 3 rings (SSSR count). The van der Waals surface area contributed by atoms with Crippen LogP contribution in [-0.4, -0.2) is 25.4 Å². The van der Waals surface area contributed by atoms with Crippen LogP contribution in [0.1, 0.15) is 10.5 Å². The fourth-order valence-electron chi connectivity index (χ4n) is 1.86. The minimum Gasteiger partial charge on any atom is -0.476 e. The normalized spacial score (nSPS) is 10.7. The molecule has 0 saturated carbocycles. The lowest BCUT2D eigenvalue weighted by Gasteiger charge is -1.99. The fraction of sp³-hybridized carbons (Fsp3) is 0. The number of carbonyl (C=O) groups is 1. The van der Waals surface area contributed by atoms with Crippen LogP contribution in [0.4, 0.5) is 0 Å². The predicted octanol–water partition coefficient (Wildman–Crippen LogP) is 2.09. The van der Waals surface area contributed by atoms with Crippen molar-refractivity contribution in [2.75, 3.05) is 0 Å². The van der Waals surface area contributed by atoms with Gasteiger partial charge in [-0.25, -0.2) is 14.8 Å². The van der Waals surface area contributed by atoms with E-state index in [4.69, 9.17) is 5.11 Å². The first-order chi connectivity index (χ1) is 8.77. The van der Waals surface area contributed by atoms with Gasteiger partial charge >= 0.3 is 5.97 Å². The Morgan fingerprint density at radius 1 is 1.17 bits per heavy atom. The van der Waals surface area contributed by atoms with E-state index in [1.54, 1.807) is 22.9 Å². The van der Waals surface area contributed by atoms with E-state index in [2.05, 4.69) is 9.97 Å². The van der Waals surface area contributed by atoms with Gasteiger partial charge in [0.15, 0.2) is 11.3 Å². The predicted molar refractivity (Wildman–Crippen MR) is 65.4 cm³/mol. The number of benzene rings is 1. The smallest absolute Gasteiger partial charge is 0.358 e. The van der Waals surface area contributed by atoms with Crippen LogP contribution in [0.2, 0.25) is 0 Å². The van der Waals surface area contributed by atoms with Gasteiger partial charge in [-0.1, -0.05) is 30.3 Å². The number of imidazole rings is 1. The maximum atomic E-state index is 11.1. The summed E-state index contributed by atoms with van der Waals surface area (Å²) in [5, 5.41) is 9.13. The highest BCUT2D eigenvalue weighted by atomic mass is 16.4. The second kappa shape index (κ2) is 3.96. The van der Waals surface area contributed by atoms with Gasteiger partial charge in [0.25, 0.3) is 0 Å². The zero-order chi connectivity index (χ0) is 12.5. The molecular weight excluding hydrogens is 230 g/mol. The summed E-state index contributed by atoms with van der Waals surface area (Å²) in [6.45, 7) is 0. The van der Waals surface area contributed by atoms with Crippen LogP contribution < -0.4 is 0 Å². The Kier molecular flexibility index (Phi) is 2.30. The molecule has 5 nitrogen and oxygen atoms in total. The van der Waals surface area contributed by atoms with Crippen LogP contribution in [0.15, 0.2) is 48.8 Å². The van der Waals surface area contributed by atoms with Crippen LogP contribution in [0.3, 0.4) is 0 Å². The van der Waals surface area contributed by atoms with Gasteiger partial charge in [-0.2, -0.15) is 0 Å². The van der Waals surface area contributed by atoms with Crippen molar-refractivity contribution >= 4 is 11.6 Å². The van der Waals surface area contributed by atoms with Gasteiger partial charge in [-0.3, -0.25) is 4.40 Å². The number of fused-ring (bicyclic) bond motifs is 1. The van der Waals surface area contributed by atoms with Gasteiger partial charge < -0.3 is 5.11 Å². The van der Waals surface area contributed by atoms with Crippen molar-refractivity contribution in [2.45, 2.75) is 0 Å². The molecule has 0 saturated heterocycles. The summed E-state index contributed by atoms with van der Waals surface area (Å²) in [7, 11) is 0. The molecule has 1 aromatic carbocycles. The molecule has 2 aromatic heterocycles. The molecule has 0 radical (unpaired) electrons. The number of carboxylic acid groups (broad SMARTS) is 1. The van der Waals surface area contributed by atoms with Gasteiger partial charge in [0.05, 0.1) is 0 Å².